The molecule has 2 N–H and O–H groups in total. The van der Waals surface area contributed by atoms with Gasteiger partial charge in [0.05, 0.1) is 11.6 Å². The van der Waals surface area contributed by atoms with Gasteiger partial charge in [-0.3, -0.25) is 0 Å². The summed E-state index contributed by atoms with van der Waals surface area (Å²) in [6.07, 6.45) is 6.51. The maximum absolute atomic E-state index is 10.8. The Hall–Kier alpha value is -1.90. The largest absolute Gasteiger partial charge is 0.391 e. The number of hydrogen-bond donors (Lipinski definition) is 2. The van der Waals surface area contributed by atoms with Crippen molar-refractivity contribution in [1.29, 1.82) is 0 Å². The van der Waals surface area contributed by atoms with E-state index < -0.39 is 11.6 Å². The van der Waals surface area contributed by atoms with Gasteiger partial charge in [-0.2, -0.15) is 0 Å². The van der Waals surface area contributed by atoms with Crippen molar-refractivity contribution in [1.82, 2.24) is 5.32 Å². The first-order chi connectivity index (χ1) is 10.8. The number of aliphatic hydroxyl groups excluding tert-OH is 1. The predicted molar refractivity (Wildman–Crippen MR) is 90.4 cm³/mol. The molecule has 1 aliphatic rings. The second kappa shape index (κ2) is 6.91. The third-order valence-electron chi connectivity index (χ3n) is 4.52. The molecule has 0 aliphatic heterocycles. The second-order valence-electron chi connectivity index (χ2n) is 5.95. The van der Waals surface area contributed by atoms with Gasteiger partial charge in [0.2, 0.25) is 0 Å². The molecule has 0 fully saturated rings. The molecule has 0 unspecified atom stereocenters. The molecule has 0 saturated carbocycles. The first-order valence-electron chi connectivity index (χ1n) is 7.99. The van der Waals surface area contributed by atoms with Crippen molar-refractivity contribution in [3.05, 3.63) is 83.9 Å². The fraction of sp³-hybridized carbons (Fsp3) is 0.300. The standard InChI is InChI=1S/C20H23NO/c22-19-14-8-3-9-15-20(19,18-12-6-2-7-13-18)21-16-17-10-4-1-5-11-17/h1-7,9-13,19,21-22H,8,14-16H2/t19-,20-/m1/s1. The number of nitrogens with one attached hydrogen (secondary N) is 1. The third-order valence-corrected chi connectivity index (χ3v) is 4.52. The Balaban J connectivity index is 1.90. The average molecular weight is 293 g/mol. The second-order valence-corrected chi connectivity index (χ2v) is 5.95. The number of aliphatic hydroxyl groups is 1. The maximum atomic E-state index is 10.8. The summed E-state index contributed by atoms with van der Waals surface area (Å²) in [6.45, 7) is 0.751. The molecule has 2 nitrogen and oxygen atoms in total. The summed E-state index contributed by atoms with van der Waals surface area (Å²) in [7, 11) is 0. The van der Waals surface area contributed by atoms with Crippen LogP contribution >= 0.6 is 0 Å². The van der Waals surface area contributed by atoms with Gasteiger partial charge in [0.1, 0.15) is 0 Å². The van der Waals surface area contributed by atoms with E-state index in [0.717, 1.165) is 31.4 Å². The molecule has 0 spiro atoms. The van der Waals surface area contributed by atoms with Crippen molar-refractivity contribution < 1.29 is 5.11 Å². The van der Waals surface area contributed by atoms with E-state index in [-0.39, 0.29) is 0 Å². The minimum absolute atomic E-state index is 0.395. The molecule has 114 valence electrons. The van der Waals surface area contributed by atoms with Crippen LogP contribution in [0.1, 0.15) is 30.4 Å². The summed E-state index contributed by atoms with van der Waals surface area (Å²) >= 11 is 0. The van der Waals surface area contributed by atoms with Gasteiger partial charge in [-0.1, -0.05) is 72.8 Å². The van der Waals surface area contributed by atoms with Crippen molar-refractivity contribution in [2.45, 2.75) is 37.5 Å². The molecular weight excluding hydrogens is 270 g/mol. The molecule has 0 bridgehead atoms. The van der Waals surface area contributed by atoms with Crippen molar-refractivity contribution in [3.63, 3.8) is 0 Å². The Kier molecular flexibility index (Phi) is 4.71. The molecule has 2 atom stereocenters. The van der Waals surface area contributed by atoms with E-state index in [4.69, 9.17) is 0 Å². The van der Waals surface area contributed by atoms with E-state index in [2.05, 4.69) is 53.9 Å². The first-order valence-corrected chi connectivity index (χ1v) is 7.99. The Morgan fingerprint density at radius 2 is 1.64 bits per heavy atom. The summed E-state index contributed by atoms with van der Waals surface area (Å²) in [5.74, 6) is 0. The molecule has 3 rings (SSSR count). The Morgan fingerprint density at radius 3 is 2.36 bits per heavy atom. The Morgan fingerprint density at radius 1 is 0.955 bits per heavy atom. The normalized spacial score (nSPS) is 24.9. The van der Waals surface area contributed by atoms with Crippen LogP contribution in [0.15, 0.2) is 72.8 Å². The van der Waals surface area contributed by atoms with Crippen LogP contribution in [0.4, 0.5) is 0 Å². The lowest BCUT2D eigenvalue weighted by Gasteiger charge is -2.38. The van der Waals surface area contributed by atoms with Crippen LogP contribution in [-0.2, 0) is 12.1 Å². The lowest BCUT2D eigenvalue weighted by Crippen LogP contribution is -2.50. The Bertz CT molecular complexity index is 608. The fourth-order valence-corrected chi connectivity index (χ4v) is 3.22. The number of benzene rings is 2. The molecule has 0 amide bonds. The molecule has 0 saturated heterocycles. The van der Waals surface area contributed by atoms with Gasteiger partial charge in [0.15, 0.2) is 0 Å². The minimum Gasteiger partial charge on any atom is -0.391 e. The van der Waals surface area contributed by atoms with Gasteiger partial charge in [-0.25, -0.2) is 0 Å². The van der Waals surface area contributed by atoms with Crippen molar-refractivity contribution in [3.8, 4) is 0 Å². The highest BCUT2D eigenvalue weighted by molar-refractivity contribution is 5.29. The van der Waals surface area contributed by atoms with E-state index in [9.17, 15) is 5.11 Å². The van der Waals surface area contributed by atoms with E-state index >= 15 is 0 Å². The van der Waals surface area contributed by atoms with Crippen LogP contribution in [0.3, 0.4) is 0 Å². The summed E-state index contributed by atoms with van der Waals surface area (Å²) < 4.78 is 0. The molecule has 0 radical (unpaired) electrons. The number of allylic oxidation sites excluding steroid dienone is 1. The van der Waals surface area contributed by atoms with E-state index in [1.54, 1.807) is 0 Å². The zero-order chi connectivity index (χ0) is 15.3. The van der Waals surface area contributed by atoms with Crippen molar-refractivity contribution in [2.24, 2.45) is 0 Å². The van der Waals surface area contributed by atoms with Crippen molar-refractivity contribution >= 4 is 0 Å². The molecule has 2 heteroatoms. The smallest absolute Gasteiger partial charge is 0.0769 e. The number of rotatable bonds is 4. The van der Waals surface area contributed by atoms with Crippen LogP contribution in [0, 0.1) is 0 Å². The minimum atomic E-state index is -0.413. The van der Waals surface area contributed by atoms with Gasteiger partial charge in [0, 0.05) is 6.54 Å². The molecule has 1 aliphatic carbocycles. The third kappa shape index (κ3) is 3.13. The van der Waals surface area contributed by atoms with Crippen molar-refractivity contribution in [2.75, 3.05) is 0 Å². The molecule has 0 heterocycles. The van der Waals surface area contributed by atoms with Crippen LogP contribution in [-0.4, -0.2) is 11.2 Å². The van der Waals surface area contributed by atoms with Gasteiger partial charge in [-0.15, -0.1) is 0 Å². The number of hydrogen-bond acceptors (Lipinski definition) is 2. The Labute approximate surface area is 132 Å². The SMILES string of the molecule is O[C@@H]1CCC=CC[C@@]1(NCc1ccccc1)c1ccccc1. The topological polar surface area (TPSA) is 32.3 Å². The molecule has 22 heavy (non-hydrogen) atoms. The maximum Gasteiger partial charge on any atom is 0.0769 e. The molecule has 2 aromatic rings. The van der Waals surface area contributed by atoms with Crippen LogP contribution < -0.4 is 5.32 Å². The lowest BCUT2D eigenvalue weighted by molar-refractivity contribution is 0.0527. The highest BCUT2D eigenvalue weighted by atomic mass is 16.3. The molecular formula is C20H23NO. The van der Waals surface area contributed by atoms with Crippen LogP contribution in [0.5, 0.6) is 0 Å². The predicted octanol–water partition coefficient (Wildman–Crippen LogP) is 3.77. The molecule has 2 aromatic carbocycles. The van der Waals surface area contributed by atoms with Gasteiger partial charge in [0.25, 0.3) is 0 Å². The zero-order valence-electron chi connectivity index (χ0n) is 12.8. The fourth-order valence-electron chi connectivity index (χ4n) is 3.22. The molecule has 0 aromatic heterocycles. The summed E-state index contributed by atoms with van der Waals surface area (Å²) in [4.78, 5) is 0. The first kappa shape index (κ1) is 15.0. The van der Waals surface area contributed by atoms with E-state index in [1.807, 2.05) is 24.3 Å². The zero-order valence-corrected chi connectivity index (χ0v) is 12.8. The quantitative estimate of drug-likeness (QED) is 0.841. The van der Waals surface area contributed by atoms with Gasteiger partial charge in [-0.05, 0) is 30.4 Å². The van der Waals surface area contributed by atoms with Crippen LogP contribution in [0.2, 0.25) is 0 Å². The highest BCUT2D eigenvalue weighted by Crippen LogP contribution is 2.34. The van der Waals surface area contributed by atoms with E-state index in [1.165, 1.54) is 5.56 Å². The van der Waals surface area contributed by atoms with Gasteiger partial charge >= 0.3 is 0 Å². The van der Waals surface area contributed by atoms with Gasteiger partial charge < -0.3 is 10.4 Å². The lowest BCUT2D eigenvalue weighted by atomic mass is 9.80. The van der Waals surface area contributed by atoms with Crippen LogP contribution in [0.25, 0.3) is 0 Å². The van der Waals surface area contributed by atoms with E-state index in [0.29, 0.717) is 0 Å². The summed E-state index contributed by atoms with van der Waals surface area (Å²) in [6, 6.07) is 20.7. The summed E-state index contributed by atoms with van der Waals surface area (Å²) in [5, 5.41) is 14.5. The monoisotopic (exact) mass is 293 g/mol. The summed E-state index contributed by atoms with van der Waals surface area (Å²) in [5.41, 5.74) is 1.98. The highest BCUT2D eigenvalue weighted by Gasteiger charge is 2.38. The average Bonchev–Trinajstić information content (AvgIpc) is 2.77.